The van der Waals surface area contributed by atoms with Crippen LogP contribution in [0.4, 0.5) is 13.2 Å². The molecule has 2 unspecified atom stereocenters. The van der Waals surface area contributed by atoms with Crippen LogP contribution in [0, 0.1) is 0 Å². The quantitative estimate of drug-likeness (QED) is 0.840. The highest BCUT2D eigenvalue weighted by Crippen LogP contribution is 2.29. The third-order valence-corrected chi connectivity index (χ3v) is 2.18. The molecule has 0 heterocycles. The molecule has 0 radical (unpaired) electrons. The van der Waals surface area contributed by atoms with Gasteiger partial charge in [0.05, 0.1) is 5.56 Å². The minimum absolute atomic E-state index is 0.177. The maximum Gasteiger partial charge on any atom is 0.416 e. The number of alkyl halides is 3. The molecule has 2 atom stereocenters. The van der Waals surface area contributed by atoms with Gasteiger partial charge in [-0.1, -0.05) is 25.1 Å². The average molecular weight is 232 g/mol. The van der Waals surface area contributed by atoms with Crippen LogP contribution in [0.25, 0.3) is 0 Å². The predicted octanol–water partition coefficient (Wildman–Crippen LogP) is 3.25. The van der Waals surface area contributed by atoms with Crippen LogP contribution in [0.1, 0.15) is 26.3 Å². The molecule has 0 aliphatic rings. The molecule has 0 aromatic heterocycles. The Balaban J connectivity index is 2.92. The lowest BCUT2D eigenvalue weighted by molar-refractivity contribution is -0.137. The minimum atomic E-state index is -4.35. The van der Waals surface area contributed by atoms with Crippen molar-refractivity contribution in [2.45, 2.75) is 32.5 Å². The fourth-order valence-electron chi connectivity index (χ4n) is 1.49. The summed E-state index contributed by atoms with van der Waals surface area (Å²) in [6, 6.07) is 4.79. The molecule has 0 bridgehead atoms. The van der Waals surface area contributed by atoms with Crippen molar-refractivity contribution in [1.29, 1.82) is 0 Å². The third-order valence-electron chi connectivity index (χ3n) is 2.18. The van der Waals surface area contributed by atoms with E-state index >= 15 is 0 Å². The van der Waals surface area contributed by atoms with Crippen LogP contribution in [0.5, 0.6) is 0 Å². The van der Waals surface area contributed by atoms with Crippen LogP contribution in [-0.2, 0) is 12.6 Å². The van der Waals surface area contributed by atoms with Crippen molar-refractivity contribution < 1.29 is 14.5 Å². The Morgan fingerprint density at radius 3 is 2.69 bits per heavy atom. The Bertz CT molecular complexity index is 365. The maximum absolute atomic E-state index is 12.5. The lowest BCUT2D eigenvalue weighted by Crippen LogP contribution is -2.27. The van der Waals surface area contributed by atoms with Crippen LogP contribution >= 0.6 is 0 Å². The molecule has 1 nitrogen and oxygen atoms in total. The SMILES string of the molecule is [2H]C(c1cccc(C(F)(F)F)c1)C(C)NCC. The molecule has 0 aliphatic heterocycles. The van der Waals surface area contributed by atoms with Crippen molar-refractivity contribution in [2.75, 3.05) is 6.54 Å². The van der Waals surface area contributed by atoms with Gasteiger partial charge in [0.1, 0.15) is 0 Å². The first kappa shape index (κ1) is 11.5. The third kappa shape index (κ3) is 3.85. The van der Waals surface area contributed by atoms with Crippen LogP contribution in [0.2, 0.25) is 0 Å². The lowest BCUT2D eigenvalue weighted by atomic mass is 10.0. The van der Waals surface area contributed by atoms with Gasteiger partial charge in [0.2, 0.25) is 0 Å². The van der Waals surface area contributed by atoms with E-state index in [0.29, 0.717) is 12.1 Å². The van der Waals surface area contributed by atoms with E-state index in [1.54, 1.807) is 13.0 Å². The lowest BCUT2D eigenvalue weighted by Gasteiger charge is -2.13. The second-order valence-electron chi connectivity index (χ2n) is 3.64. The molecule has 1 N–H and O–H groups in total. The Morgan fingerprint density at radius 1 is 1.44 bits per heavy atom. The first-order chi connectivity index (χ1) is 7.86. The largest absolute Gasteiger partial charge is 0.416 e. The van der Waals surface area contributed by atoms with Gasteiger partial charge in [-0.3, -0.25) is 0 Å². The number of halogens is 3. The van der Waals surface area contributed by atoms with Crippen LogP contribution in [-0.4, -0.2) is 12.6 Å². The molecule has 4 heteroatoms. The van der Waals surface area contributed by atoms with Gasteiger partial charge >= 0.3 is 6.18 Å². The highest BCUT2D eigenvalue weighted by molar-refractivity contribution is 5.26. The van der Waals surface area contributed by atoms with E-state index in [1.165, 1.54) is 6.07 Å². The zero-order valence-corrected chi connectivity index (χ0v) is 9.31. The van der Waals surface area contributed by atoms with Gasteiger partial charge in [-0.25, -0.2) is 0 Å². The van der Waals surface area contributed by atoms with E-state index in [4.69, 9.17) is 1.37 Å². The van der Waals surface area contributed by atoms with E-state index < -0.39 is 18.1 Å². The molecule has 0 aliphatic carbocycles. The number of nitrogens with one attached hydrogen (secondary N) is 1. The van der Waals surface area contributed by atoms with Gasteiger partial charge in [-0.2, -0.15) is 13.2 Å². The summed E-state index contributed by atoms with van der Waals surface area (Å²) in [5.74, 6) is 0. The zero-order chi connectivity index (χ0) is 13.1. The Labute approximate surface area is 95.1 Å². The van der Waals surface area contributed by atoms with Gasteiger partial charge in [0, 0.05) is 7.41 Å². The van der Waals surface area contributed by atoms with E-state index in [9.17, 15) is 13.2 Å². The van der Waals surface area contributed by atoms with Crippen molar-refractivity contribution in [2.24, 2.45) is 0 Å². The summed E-state index contributed by atoms with van der Waals surface area (Å²) in [7, 11) is 0. The molecule has 1 aromatic rings. The van der Waals surface area contributed by atoms with Gasteiger partial charge in [-0.05, 0) is 31.5 Å². The number of rotatable bonds is 4. The van der Waals surface area contributed by atoms with Crippen LogP contribution < -0.4 is 5.32 Å². The molecule has 16 heavy (non-hydrogen) atoms. The summed E-state index contributed by atoms with van der Waals surface area (Å²) in [6.07, 6.45) is -5.05. The number of benzene rings is 1. The smallest absolute Gasteiger partial charge is 0.314 e. The van der Waals surface area contributed by atoms with Gasteiger partial charge in [0.15, 0.2) is 0 Å². The van der Waals surface area contributed by atoms with Crippen molar-refractivity contribution in [3.05, 3.63) is 35.4 Å². The fourth-order valence-corrected chi connectivity index (χ4v) is 1.49. The monoisotopic (exact) mass is 232 g/mol. The molecule has 0 saturated carbocycles. The standard InChI is InChI=1S/C12H16F3N/c1-3-16-9(2)7-10-5-4-6-11(8-10)12(13,14)15/h4-6,8-9,16H,3,7H2,1-2H3/i7D. The molecule has 0 amide bonds. The van der Waals surface area contributed by atoms with Crippen molar-refractivity contribution >= 4 is 0 Å². The highest BCUT2D eigenvalue weighted by atomic mass is 19.4. The summed E-state index contributed by atoms with van der Waals surface area (Å²) in [4.78, 5) is 0. The molecule has 0 spiro atoms. The van der Waals surface area contributed by atoms with Crippen molar-refractivity contribution in [1.82, 2.24) is 5.32 Å². The maximum atomic E-state index is 12.5. The first-order valence-corrected chi connectivity index (χ1v) is 5.19. The van der Waals surface area contributed by atoms with Gasteiger partial charge in [0.25, 0.3) is 0 Å². The fraction of sp³-hybridized carbons (Fsp3) is 0.500. The number of likely N-dealkylation sites (N-methyl/N-ethyl adjacent to an activating group) is 1. The van der Waals surface area contributed by atoms with E-state index in [2.05, 4.69) is 5.32 Å². The molecular formula is C12H16F3N. The summed E-state index contributed by atoms with van der Waals surface area (Å²) in [6.45, 7) is 4.38. The summed E-state index contributed by atoms with van der Waals surface area (Å²) in [5.41, 5.74) is -0.316. The van der Waals surface area contributed by atoms with Crippen LogP contribution in [0.3, 0.4) is 0 Å². The molecule has 0 saturated heterocycles. The Hall–Kier alpha value is -1.03. The number of hydrogen-bond acceptors (Lipinski definition) is 1. The predicted molar refractivity (Wildman–Crippen MR) is 58.3 cm³/mol. The molecular weight excluding hydrogens is 215 g/mol. The van der Waals surface area contributed by atoms with Gasteiger partial charge < -0.3 is 5.32 Å². The van der Waals surface area contributed by atoms with E-state index in [0.717, 1.165) is 12.1 Å². The minimum Gasteiger partial charge on any atom is -0.314 e. The first-order valence-electron chi connectivity index (χ1n) is 5.76. The second kappa shape index (κ2) is 5.34. The molecule has 0 fully saturated rings. The normalized spacial score (nSPS) is 16.7. The van der Waals surface area contributed by atoms with Crippen molar-refractivity contribution in [3.8, 4) is 0 Å². The topological polar surface area (TPSA) is 12.0 Å². The molecule has 1 rings (SSSR count). The van der Waals surface area contributed by atoms with Crippen LogP contribution in [0.15, 0.2) is 24.3 Å². The van der Waals surface area contributed by atoms with Gasteiger partial charge in [-0.15, -0.1) is 0 Å². The molecule has 90 valence electrons. The number of hydrogen-bond donors (Lipinski definition) is 1. The highest BCUT2D eigenvalue weighted by Gasteiger charge is 2.30. The Kier molecular flexibility index (Phi) is 3.83. The second-order valence-corrected chi connectivity index (χ2v) is 3.64. The zero-order valence-electron chi connectivity index (χ0n) is 10.3. The summed E-state index contributed by atoms with van der Waals surface area (Å²) in [5, 5.41) is 3.03. The summed E-state index contributed by atoms with van der Waals surface area (Å²) >= 11 is 0. The van der Waals surface area contributed by atoms with E-state index in [-0.39, 0.29) is 6.04 Å². The summed E-state index contributed by atoms with van der Waals surface area (Å²) < 4.78 is 45.4. The van der Waals surface area contributed by atoms with E-state index in [1.807, 2.05) is 6.92 Å². The molecule has 1 aromatic carbocycles. The Morgan fingerprint density at radius 2 is 2.12 bits per heavy atom. The average Bonchev–Trinajstić information content (AvgIpc) is 2.27. The van der Waals surface area contributed by atoms with Crippen molar-refractivity contribution in [3.63, 3.8) is 0 Å².